The van der Waals surface area contributed by atoms with Gasteiger partial charge in [-0.25, -0.2) is 4.21 Å². The van der Waals surface area contributed by atoms with Gasteiger partial charge in [-0.15, -0.1) is 0 Å². The monoisotopic (exact) mass is 171 g/mol. The minimum Gasteiger partial charge on any atom is -0.302 e. The first-order valence-electron chi connectivity index (χ1n) is 3.30. The fourth-order valence-electron chi connectivity index (χ4n) is 0.723. The summed E-state index contributed by atoms with van der Waals surface area (Å²) in [5.41, 5.74) is 0.930. The second-order valence-electron chi connectivity index (χ2n) is 2.09. The first-order chi connectivity index (χ1) is 5.24. The van der Waals surface area contributed by atoms with E-state index in [1.807, 2.05) is 6.92 Å². The zero-order valence-corrected chi connectivity index (χ0v) is 6.97. The molecule has 0 saturated carbocycles. The van der Waals surface area contributed by atoms with Crippen LogP contribution in [0.4, 0.5) is 0 Å². The Morgan fingerprint density at radius 2 is 2.36 bits per heavy atom. The number of rotatable bonds is 2. The lowest BCUT2D eigenvalue weighted by molar-refractivity contribution is 0.564. The molecule has 1 heterocycles. The van der Waals surface area contributed by atoms with Crippen molar-refractivity contribution in [2.75, 3.05) is 0 Å². The van der Waals surface area contributed by atoms with Gasteiger partial charge in [0.15, 0.2) is 11.1 Å². The van der Waals surface area contributed by atoms with Crippen LogP contribution in [0.15, 0.2) is 23.2 Å². The molecule has 0 saturated heterocycles. The molecule has 3 nitrogen and oxygen atoms in total. The molecule has 0 aromatic carbocycles. The van der Waals surface area contributed by atoms with E-state index < -0.39 is 11.1 Å². The zero-order valence-electron chi connectivity index (χ0n) is 6.15. The van der Waals surface area contributed by atoms with Gasteiger partial charge in [-0.05, 0) is 18.6 Å². The predicted molar refractivity (Wildman–Crippen MR) is 42.7 cm³/mol. The highest BCUT2D eigenvalue weighted by molar-refractivity contribution is 7.79. The summed E-state index contributed by atoms with van der Waals surface area (Å²) in [6, 6.07) is 3.37. The number of hydrogen-bond acceptors (Lipinski definition) is 2. The Bertz CT molecular complexity index is 258. The van der Waals surface area contributed by atoms with Crippen LogP contribution in [0.5, 0.6) is 0 Å². The van der Waals surface area contributed by atoms with Crippen molar-refractivity contribution in [2.24, 2.45) is 0 Å². The summed E-state index contributed by atoms with van der Waals surface area (Å²) >= 11 is -1.90. The van der Waals surface area contributed by atoms with E-state index in [0.29, 0.717) is 4.90 Å². The van der Waals surface area contributed by atoms with E-state index in [0.717, 1.165) is 12.1 Å². The standard InChI is InChI=1S/C7H9NO2S/c1-2-6-3-4-7(5-8-6)11(9)10/h3-5H,2H2,1H3,(H,9,10). The van der Waals surface area contributed by atoms with Gasteiger partial charge in [-0.3, -0.25) is 4.98 Å². The molecule has 0 aliphatic carbocycles. The van der Waals surface area contributed by atoms with E-state index in [9.17, 15) is 4.21 Å². The maximum absolute atomic E-state index is 10.5. The van der Waals surface area contributed by atoms with Crippen LogP contribution in [0.3, 0.4) is 0 Å². The molecule has 0 aliphatic heterocycles. The Morgan fingerprint density at radius 3 is 2.73 bits per heavy atom. The molecule has 60 valence electrons. The lowest BCUT2D eigenvalue weighted by Gasteiger charge is -1.95. The Morgan fingerprint density at radius 1 is 1.64 bits per heavy atom. The van der Waals surface area contributed by atoms with E-state index in [4.69, 9.17) is 4.55 Å². The van der Waals surface area contributed by atoms with E-state index in [1.165, 1.54) is 6.20 Å². The Labute approximate surface area is 67.8 Å². The van der Waals surface area contributed by atoms with Crippen molar-refractivity contribution in [3.05, 3.63) is 24.0 Å². The minimum atomic E-state index is -1.90. The van der Waals surface area contributed by atoms with Crippen LogP contribution in [0.1, 0.15) is 12.6 Å². The summed E-state index contributed by atoms with van der Waals surface area (Å²) in [7, 11) is 0. The highest BCUT2D eigenvalue weighted by Gasteiger charge is 1.98. The lowest BCUT2D eigenvalue weighted by Crippen LogP contribution is -1.91. The third-order valence-corrected chi connectivity index (χ3v) is 2.01. The number of aromatic nitrogens is 1. The fraction of sp³-hybridized carbons (Fsp3) is 0.286. The van der Waals surface area contributed by atoms with Crippen LogP contribution in [-0.4, -0.2) is 13.7 Å². The van der Waals surface area contributed by atoms with Crippen molar-refractivity contribution in [2.45, 2.75) is 18.2 Å². The van der Waals surface area contributed by atoms with E-state index in [-0.39, 0.29) is 0 Å². The van der Waals surface area contributed by atoms with Crippen LogP contribution in [0.25, 0.3) is 0 Å². The third-order valence-electron chi connectivity index (χ3n) is 1.36. The average Bonchev–Trinajstić information content (AvgIpc) is 2.05. The van der Waals surface area contributed by atoms with Gasteiger partial charge in [0.1, 0.15) is 0 Å². The predicted octanol–water partition coefficient (Wildman–Crippen LogP) is 1.22. The molecule has 0 fully saturated rings. The van der Waals surface area contributed by atoms with Crippen molar-refractivity contribution in [1.82, 2.24) is 4.98 Å². The van der Waals surface area contributed by atoms with Gasteiger partial charge in [0, 0.05) is 11.9 Å². The van der Waals surface area contributed by atoms with Crippen LogP contribution in [0, 0.1) is 0 Å². The molecule has 1 unspecified atom stereocenters. The zero-order chi connectivity index (χ0) is 8.27. The molecule has 0 radical (unpaired) electrons. The topological polar surface area (TPSA) is 50.2 Å². The summed E-state index contributed by atoms with van der Waals surface area (Å²) in [6.45, 7) is 1.98. The quantitative estimate of drug-likeness (QED) is 0.681. The summed E-state index contributed by atoms with van der Waals surface area (Å²) in [4.78, 5) is 4.31. The number of nitrogens with zero attached hydrogens (tertiary/aromatic N) is 1. The number of hydrogen-bond donors (Lipinski definition) is 1. The van der Waals surface area contributed by atoms with Crippen LogP contribution in [-0.2, 0) is 17.5 Å². The van der Waals surface area contributed by atoms with Gasteiger partial charge in [0.05, 0.1) is 4.90 Å². The second kappa shape index (κ2) is 3.59. The minimum absolute atomic E-state index is 0.349. The van der Waals surface area contributed by atoms with Crippen LogP contribution >= 0.6 is 0 Å². The molecule has 1 aromatic heterocycles. The Hall–Kier alpha value is -0.740. The summed E-state index contributed by atoms with van der Waals surface area (Å²) < 4.78 is 19.1. The normalized spacial score (nSPS) is 12.9. The fourth-order valence-corrected chi connectivity index (χ4v) is 1.05. The molecular weight excluding hydrogens is 162 g/mol. The van der Waals surface area contributed by atoms with Crippen molar-refractivity contribution in [3.8, 4) is 0 Å². The van der Waals surface area contributed by atoms with E-state index >= 15 is 0 Å². The SMILES string of the molecule is CCc1ccc(S(=O)O)cn1. The summed E-state index contributed by atoms with van der Waals surface area (Å²) in [6.07, 6.45) is 2.27. The third kappa shape index (κ3) is 2.10. The molecular formula is C7H9NO2S. The molecule has 1 atom stereocenters. The van der Waals surface area contributed by atoms with Gasteiger partial charge >= 0.3 is 0 Å². The molecule has 0 aliphatic rings. The van der Waals surface area contributed by atoms with Gasteiger partial charge in [-0.1, -0.05) is 6.92 Å². The number of pyridine rings is 1. The average molecular weight is 171 g/mol. The van der Waals surface area contributed by atoms with E-state index in [2.05, 4.69) is 4.98 Å². The summed E-state index contributed by atoms with van der Waals surface area (Å²) in [5, 5.41) is 0. The maximum atomic E-state index is 10.5. The maximum Gasteiger partial charge on any atom is 0.188 e. The van der Waals surface area contributed by atoms with Gasteiger partial charge in [0.25, 0.3) is 0 Å². The molecule has 0 amide bonds. The molecule has 1 rings (SSSR count). The first-order valence-corrected chi connectivity index (χ1v) is 4.40. The van der Waals surface area contributed by atoms with Crippen LogP contribution in [0.2, 0.25) is 0 Å². The van der Waals surface area contributed by atoms with Crippen LogP contribution < -0.4 is 0 Å². The molecule has 1 N–H and O–H groups in total. The first kappa shape index (κ1) is 8.36. The van der Waals surface area contributed by atoms with Crippen molar-refractivity contribution in [3.63, 3.8) is 0 Å². The van der Waals surface area contributed by atoms with Gasteiger partial charge in [-0.2, -0.15) is 0 Å². The Balaban J connectivity index is 2.91. The van der Waals surface area contributed by atoms with Gasteiger partial charge in [0.2, 0.25) is 0 Å². The molecule has 1 aromatic rings. The number of aryl methyl sites for hydroxylation is 1. The largest absolute Gasteiger partial charge is 0.302 e. The van der Waals surface area contributed by atoms with Crippen molar-refractivity contribution in [1.29, 1.82) is 0 Å². The highest BCUT2D eigenvalue weighted by atomic mass is 32.2. The summed E-state index contributed by atoms with van der Waals surface area (Å²) in [5.74, 6) is 0. The second-order valence-corrected chi connectivity index (χ2v) is 3.06. The van der Waals surface area contributed by atoms with Gasteiger partial charge < -0.3 is 4.55 Å². The Kier molecular flexibility index (Phi) is 2.73. The lowest BCUT2D eigenvalue weighted by atomic mass is 10.3. The van der Waals surface area contributed by atoms with Crippen molar-refractivity contribution < 1.29 is 8.76 Å². The molecule has 0 bridgehead atoms. The smallest absolute Gasteiger partial charge is 0.188 e. The molecule has 11 heavy (non-hydrogen) atoms. The highest BCUT2D eigenvalue weighted by Crippen LogP contribution is 2.03. The van der Waals surface area contributed by atoms with E-state index in [1.54, 1.807) is 12.1 Å². The van der Waals surface area contributed by atoms with Crippen molar-refractivity contribution >= 4 is 11.1 Å². The molecule has 0 spiro atoms. The molecule has 4 heteroatoms.